The molecule has 0 unspecified atom stereocenters. The summed E-state index contributed by atoms with van der Waals surface area (Å²) in [6.07, 6.45) is 0.937. The largest absolute Gasteiger partial charge is 0.480 e. The standard InChI is InChI=1S/C8H14O4/c1-4-5-8(2,6(9)10)7(11)12-3/h4-5H2,1-3H3,(H,9,10)/t8-/m0/s1. The van der Waals surface area contributed by atoms with E-state index >= 15 is 0 Å². The van der Waals surface area contributed by atoms with Crippen LogP contribution in [0.2, 0.25) is 0 Å². The minimum absolute atomic E-state index is 0.301. The fraction of sp³-hybridized carbons (Fsp3) is 0.750. The van der Waals surface area contributed by atoms with Gasteiger partial charge in [-0.05, 0) is 13.3 Å². The Morgan fingerprint density at radius 2 is 2.00 bits per heavy atom. The molecule has 0 spiro atoms. The molecule has 0 saturated carbocycles. The van der Waals surface area contributed by atoms with Crippen molar-refractivity contribution in [3.05, 3.63) is 0 Å². The maximum atomic E-state index is 11.1. The fourth-order valence-corrected chi connectivity index (χ4v) is 1.02. The van der Waals surface area contributed by atoms with Gasteiger partial charge in [-0.25, -0.2) is 0 Å². The van der Waals surface area contributed by atoms with Crippen molar-refractivity contribution in [1.82, 2.24) is 0 Å². The number of hydrogen-bond donors (Lipinski definition) is 1. The predicted molar refractivity (Wildman–Crippen MR) is 42.7 cm³/mol. The smallest absolute Gasteiger partial charge is 0.322 e. The van der Waals surface area contributed by atoms with Crippen molar-refractivity contribution in [2.24, 2.45) is 5.41 Å². The highest BCUT2D eigenvalue weighted by atomic mass is 16.5. The molecule has 0 rings (SSSR count). The number of methoxy groups -OCH3 is 1. The molecular formula is C8H14O4. The molecule has 0 saturated heterocycles. The number of carbonyl (C=O) groups is 2. The summed E-state index contributed by atoms with van der Waals surface area (Å²) in [5.41, 5.74) is -1.39. The number of carbonyl (C=O) groups excluding carboxylic acids is 1. The lowest BCUT2D eigenvalue weighted by Crippen LogP contribution is -2.37. The molecule has 0 aliphatic heterocycles. The van der Waals surface area contributed by atoms with Crippen LogP contribution in [-0.4, -0.2) is 24.2 Å². The molecule has 0 heterocycles. The van der Waals surface area contributed by atoms with Crippen molar-refractivity contribution in [2.45, 2.75) is 26.7 Å². The maximum absolute atomic E-state index is 11.1. The Balaban J connectivity index is 4.61. The van der Waals surface area contributed by atoms with E-state index in [4.69, 9.17) is 5.11 Å². The second-order valence-corrected chi connectivity index (χ2v) is 2.88. The summed E-state index contributed by atoms with van der Waals surface area (Å²) in [5.74, 6) is -1.81. The zero-order valence-corrected chi connectivity index (χ0v) is 7.59. The van der Waals surface area contributed by atoms with Crippen molar-refractivity contribution < 1.29 is 19.4 Å². The molecule has 12 heavy (non-hydrogen) atoms. The third-order valence-electron chi connectivity index (χ3n) is 1.86. The zero-order chi connectivity index (χ0) is 9.78. The summed E-state index contributed by atoms with van der Waals surface area (Å²) in [6.45, 7) is 3.20. The van der Waals surface area contributed by atoms with Gasteiger partial charge in [0.2, 0.25) is 0 Å². The molecule has 0 aliphatic carbocycles. The first kappa shape index (κ1) is 10.9. The van der Waals surface area contributed by atoms with E-state index in [0.717, 1.165) is 0 Å². The van der Waals surface area contributed by atoms with Crippen LogP contribution in [0.4, 0.5) is 0 Å². The average Bonchev–Trinajstić information content (AvgIpc) is 2.03. The van der Waals surface area contributed by atoms with Crippen LogP contribution in [0.15, 0.2) is 0 Å². The van der Waals surface area contributed by atoms with E-state index in [9.17, 15) is 9.59 Å². The normalized spacial score (nSPS) is 14.9. The van der Waals surface area contributed by atoms with E-state index in [-0.39, 0.29) is 0 Å². The summed E-state index contributed by atoms with van der Waals surface area (Å²) >= 11 is 0. The highest BCUT2D eigenvalue weighted by molar-refractivity contribution is 5.98. The molecular weight excluding hydrogens is 160 g/mol. The first-order chi connectivity index (χ1) is 5.49. The molecule has 1 atom stereocenters. The van der Waals surface area contributed by atoms with Crippen LogP contribution >= 0.6 is 0 Å². The lowest BCUT2D eigenvalue weighted by molar-refractivity contribution is -0.166. The van der Waals surface area contributed by atoms with Crippen LogP contribution in [0.3, 0.4) is 0 Å². The monoisotopic (exact) mass is 174 g/mol. The Bertz CT molecular complexity index is 187. The molecule has 0 bridgehead atoms. The zero-order valence-electron chi connectivity index (χ0n) is 7.59. The number of rotatable bonds is 4. The number of aliphatic carboxylic acids is 1. The second-order valence-electron chi connectivity index (χ2n) is 2.88. The minimum atomic E-state index is -1.39. The summed E-state index contributed by atoms with van der Waals surface area (Å²) < 4.78 is 4.41. The molecule has 0 radical (unpaired) electrons. The predicted octanol–water partition coefficient (Wildman–Crippen LogP) is 1.05. The van der Waals surface area contributed by atoms with Gasteiger partial charge in [-0.2, -0.15) is 0 Å². The summed E-state index contributed by atoms with van der Waals surface area (Å²) in [4.78, 5) is 21.8. The van der Waals surface area contributed by atoms with Crippen molar-refractivity contribution in [3.8, 4) is 0 Å². The molecule has 70 valence electrons. The molecule has 4 nitrogen and oxygen atoms in total. The molecule has 0 aromatic carbocycles. The number of carboxylic acid groups (broad SMARTS) is 1. The van der Waals surface area contributed by atoms with Crippen LogP contribution in [-0.2, 0) is 14.3 Å². The number of esters is 1. The van der Waals surface area contributed by atoms with Gasteiger partial charge in [0, 0.05) is 0 Å². The van der Waals surface area contributed by atoms with Gasteiger partial charge in [0.1, 0.15) is 0 Å². The van der Waals surface area contributed by atoms with Crippen molar-refractivity contribution in [3.63, 3.8) is 0 Å². The average molecular weight is 174 g/mol. The molecule has 0 aromatic rings. The lowest BCUT2D eigenvalue weighted by Gasteiger charge is -2.20. The third kappa shape index (κ3) is 1.96. The second kappa shape index (κ2) is 4.09. The highest BCUT2D eigenvalue weighted by Gasteiger charge is 2.41. The van der Waals surface area contributed by atoms with Crippen LogP contribution in [0.1, 0.15) is 26.7 Å². The van der Waals surface area contributed by atoms with E-state index < -0.39 is 17.4 Å². The Morgan fingerprint density at radius 3 is 2.25 bits per heavy atom. The van der Waals surface area contributed by atoms with Gasteiger partial charge < -0.3 is 9.84 Å². The van der Waals surface area contributed by atoms with Crippen molar-refractivity contribution in [1.29, 1.82) is 0 Å². The van der Waals surface area contributed by atoms with E-state index in [0.29, 0.717) is 12.8 Å². The van der Waals surface area contributed by atoms with E-state index in [1.54, 1.807) is 0 Å². The van der Waals surface area contributed by atoms with Crippen LogP contribution < -0.4 is 0 Å². The third-order valence-corrected chi connectivity index (χ3v) is 1.86. The quantitative estimate of drug-likeness (QED) is 0.511. The molecule has 1 N–H and O–H groups in total. The molecule has 0 amide bonds. The lowest BCUT2D eigenvalue weighted by atomic mass is 9.86. The van der Waals surface area contributed by atoms with Crippen LogP contribution in [0.5, 0.6) is 0 Å². The first-order valence-electron chi connectivity index (χ1n) is 3.80. The van der Waals surface area contributed by atoms with Crippen LogP contribution in [0, 0.1) is 5.41 Å². The van der Waals surface area contributed by atoms with Crippen molar-refractivity contribution in [2.75, 3.05) is 7.11 Å². The summed E-state index contributed by atoms with van der Waals surface area (Å²) in [6, 6.07) is 0. The number of hydrogen-bond acceptors (Lipinski definition) is 3. The Kier molecular flexibility index (Phi) is 3.73. The molecule has 0 aliphatic rings. The van der Waals surface area contributed by atoms with E-state index in [1.807, 2.05) is 6.92 Å². The van der Waals surface area contributed by atoms with Gasteiger partial charge in [-0.15, -0.1) is 0 Å². The molecule has 4 heteroatoms. The van der Waals surface area contributed by atoms with Gasteiger partial charge >= 0.3 is 11.9 Å². The van der Waals surface area contributed by atoms with Gasteiger partial charge in [-0.3, -0.25) is 9.59 Å². The van der Waals surface area contributed by atoms with Gasteiger partial charge in [-0.1, -0.05) is 13.3 Å². The number of ether oxygens (including phenoxy) is 1. The van der Waals surface area contributed by atoms with Gasteiger partial charge in [0.25, 0.3) is 0 Å². The highest BCUT2D eigenvalue weighted by Crippen LogP contribution is 2.24. The van der Waals surface area contributed by atoms with Crippen LogP contribution in [0.25, 0.3) is 0 Å². The van der Waals surface area contributed by atoms with Crippen molar-refractivity contribution >= 4 is 11.9 Å². The SMILES string of the molecule is CCC[C@@](C)(C(=O)O)C(=O)OC. The Labute approximate surface area is 71.5 Å². The molecule has 0 fully saturated rings. The van der Waals surface area contributed by atoms with Gasteiger partial charge in [0.05, 0.1) is 7.11 Å². The fourth-order valence-electron chi connectivity index (χ4n) is 1.02. The summed E-state index contributed by atoms with van der Waals surface area (Å²) in [5, 5.41) is 8.76. The molecule has 0 aromatic heterocycles. The van der Waals surface area contributed by atoms with Gasteiger partial charge in [0.15, 0.2) is 5.41 Å². The Morgan fingerprint density at radius 1 is 1.50 bits per heavy atom. The maximum Gasteiger partial charge on any atom is 0.322 e. The van der Waals surface area contributed by atoms with E-state index in [1.165, 1.54) is 14.0 Å². The topological polar surface area (TPSA) is 63.6 Å². The number of carboxylic acids is 1. The first-order valence-corrected chi connectivity index (χ1v) is 3.80. The Hall–Kier alpha value is -1.06. The summed E-state index contributed by atoms with van der Waals surface area (Å²) in [7, 11) is 1.19. The van der Waals surface area contributed by atoms with E-state index in [2.05, 4.69) is 4.74 Å². The minimum Gasteiger partial charge on any atom is -0.480 e.